The van der Waals surface area contributed by atoms with Gasteiger partial charge in [0.15, 0.2) is 5.76 Å². The van der Waals surface area contributed by atoms with Crippen LogP contribution in [0.4, 0.5) is 0 Å². The molecule has 0 aliphatic carbocycles. The third kappa shape index (κ3) is 2.05. The molecule has 5 nitrogen and oxygen atoms in total. The van der Waals surface area contributed by atoms with Crippen molar-refractivity contribution in [2.75, 3.05) is 13.1 Å². The van der Waals surface area contributed by atoms with Gasteiger partial charge in [-0.1, -0.05) is 0 Å². The molecule has 0 saturated carbocycles. The van der Waals surface area contributed by atoms with Crippen LogP contribution in [0, 0.1) is 12.3 Å². The molecular weight excluding hydrogens is 222 g/mol. The quantitative estimate of drug-likeness (QED) is 0.846. The fourth-order valence-corrected chi connectivity index (χ4v) is 2.01. The molecule has 1 aliphatic rings. The number of aryl methyl sites for hydroxylation is 1. The first-order valence-corrected chi connectivity index (χ1v) is 5.50. The van der Waals surface area contributed by atoms with E-state index < -0.39 is 11.4 Å². The van der Waals surface area contributed by atoms with E-state index in [0.29, 0.717) is 13.0 Å². The van der Waals surface area contributed by atoms with Crippen molar-refractivity contribution in [3.8, 4) is 0 Å². The third-order valence-corrected chi connectivity index (χ3v) is 3.22. The maximum Gasteiger partial charge on any atom is 0.311 e. The molecule has 1 amide bonds. The van der Waals surface area contributed by atoms with Gasteiger partial charge in [-0.15, -0.1) is 0 Å². The second-order valence-corrected chi connectivity index (χ2v) is 4.83. The molecule has 1 fully saturated rings. The number of carbonyl (C=O) groups excluding carboxylic acids is 1. The van der Waals surface area contributed by atoms with Crippen molar-refractivity contribution < 1.29 is 19.1 Å². The van der Waals surface area contributed by atoms with Crippen LogP contribution < -0.4 is 0 Å². The molecule has 0 bridgehead atoms. The zero-order valence-corrected chi connectivity index (χ0v) is 9.90. The lowest BCUT2D eigenvalue weighted by Crippen LogP contribution is -2.34. The van der Waals surface area contributed by atoms with Gasteiger partial charge in [-0.25, -0.2) is 0 Å². The summed E-state index contributed by atoms with van der Waals surface area (Å²) in [7, 11) is 0. The average molecular weight is 237 g/mol. The standard InChI is InChI=1S/C12H15NO4/c1-8-5-9(17-6-8)10(14)13-4-3-12(2,7-13)11(15)16/h5-6H,3-4,7H2,1-2H3,(H,15,16). The Hall–Kier alpha value is -1.78. The van der Waals surface area contributed by atoms with Gasteiger partial charge in [0.05, 0.1) is 11.7 Å². The van der Waals surface area contributed by atoms with Crippen molar-refractivity contribution in [1.29, 1.82) is 0 Å². The summed E-state index contributed by atoms with van der Waals surface area (Å²) in [5.74, 6) is -0.816. The lowest BCUT2D eigenvalue weighted by molar-refractivity contribution is -0.147. The Morgan fingerprint density at radius 3 is 2.71 bits per heavy atom. The van der Waals surface area contributed by atoms with E-state index in [2.05, 4.69) is 0 Å². The predicted octanol–water partition coefficient (Wildman–Crippen LogP) is 1.52. The number of carboxylic acid groups (broad SMARTS) is 1. The Labute approximate surface area is 99.0 Å². The molecule has 1 aromatic heterocycles. The number of carbonyl (C=O) groups is 2. The number of rotatable bonds is 2. The van der Waals surface area contributed by atoms with Crippen molar-refractivity contribution >= 4 is 11.9 Å². The minimum Gasteiger partial charge on any atom is -0.481 e. The van der Waals surface area contributed by atoms with E-state index in [4.69, 9.17) is 9.52 Å². The van der Waals surface area contributed by atoms with E-state index in [1.54, 1.807) is 13.0 Å². The van der Waals surface area contributed by atoms with E-state index in [1.165, 1.54) is 11.2 Å². The largest absolute Gasteiger partial charge is 0.481 e. The average Bonchev–Trinajstić information content (AvgIpc) is 2.85. The Morgan fingerprint density at radius 2 is 2.24 bits per heavy atom. The Balaban J connectivity index is 2.11. The summed E-state index contributed by atoms with van der Waals surface area (Å²) in [5, 5.41) is 9.09. The van der Waals surface area contributed by atoms with E-state index in [1.807, 2.05) is 6.92 Å². The first kappa shape index (κ1) is 11.7. The molecule has 5 heteroatoms. The summed E-state index contributed by atoms with van der Waals surface area (Å²) in [6, 6.07) is 1.67. The highest BCUT2D eigenvalue weighted by atomic mass is 16.4. The van der Waals surface area contributed by atoms with Gasteiger partial charge in [-0.2, -0.15) is 0 Å². The first-order chi connectivity index (χ1) is 7.92. The van der Waals surface area contributed by atoms with Crippen molar-refractivity contribution in [2.24, 2.45) is 5.41 Å². The fraction of sp³-hybridized carbons (Fsp3) is 0.500. The SMILES string of the molecule is Cc1coc(C(=O)N2CCC(C)(C(=O)O)C2)c1. The molecule has 1 aromatic rings. The highest BCUT2D eigenvalue weighted by Gasteiger charge is 2.42. The Morgan fingerprint density at radius 1 is 1.53 bits per heavy atom. The number of furan rings is 1. The van der Waals surface area contributed by atoms with Gasteiger partial charge in [0.1, 0.15) is 0 Å². The number of nitrogens with zero attached hydrogens (tertiary/aromatic N) is 1. The van der Waals surface area contributed by atoms with Crippen LogP contribution in [0.5, 0.6) is 0 Å². The van der Waals surface area contributed by atoms with Crippen LogP contribution in [0.3, 0.4) is 0 Å². The van der Waals surface area contributed by atoms with E-state index in [-0.39, 0.29) is 18.2 Å². The highest BCUT2D eigenvalue weighted by molar-refractivity contribution is 5.92. The topological polar surface area (TPSA) is 70.8 Å². The molecule has 0 spiro atoms. The summed E-state index contributed by atoms with van der Waals surface area (Å²) in [5.41, 5.74) is 0.0469. The summed E-state index contributed by atoms with van der Waals surface area (Å²) >= 11 is 0. The minimum absolute atomic E-state index is 0.233. The summed E-state index contributed by atoms with van der Waals surface area (Å²) in [6.07, 6.45) is 1.99. The van der Waals surface area contributed by atoms with Crippen LogP contribution in [-0.4, -0.2) is 35.0 Å². The maximum atomic E-state index is 12.0. The van der Waals surface area contributed by atoms with E-state index >= 15 is 0 Å². The lowest BCUT2D eigenvalue weighted by Gasteiger charge is -2.19. The predicted molar refractivity (Wildman–Crippen MR) is 59.7 cm³/mol. The summed E-state index contributed by atoms with van der Waals surface area (Å²) in [6.45, 7) is 4.20. The van der Waals surface area contributed by atoms with Crippen LogP contribution in [0.1, 0.15) is 29.5 Å². The molecule has 17 heavy (non-hydrogen) atoms. The smallest absolute Gasteiger partial charge is 0.311 e. The minimum atomic E-state index is -0.858. The normalized spacial score (nSPS) is 24.0. The molecule has 92 valence electrons. The van der Waals surface area contributed by atoms with Crippen LogP contribution in [-0.2, 0) is 4.79 Å². The zero-order valence-electron chi connectivity index (χ0n) is 9.90. The number of carboxylic acids is 1. The number of aliphatic carboxylic acids is 1. The zero-order chi connectivity index (χ0) is 12.6. The van der Waals surface area contributed by atoms with Gasteiger partial charge < -0.3 is 14.4 Å². The van der Waals surface area contributed by atoms with Crippen molar-refractivity contribution in [1.82, 2.24) is 4.90 Å². The molecule has 1 saturated heterocycles. The molecule has 2 heterocycles. The monoisotopic (exact) mass is 237 g/mol. The highest BCUT2D eigenvalue weighted by Crippen LogP contribution is 2.31. The molecule has 1 unspecified atom stereocenters. The van der Waals surface area contributed by atoms with Crippen molar-refractivity contribution in [2.45, 2.75) is 20.3 Å². The molecule has 1 atom stereocenters. The van der Waals surface area contributed by atoms with Crippen LogP contribution in [0.2, 0.25) is 0 Å². The van der Waals surface area contributed by atoms with E-state index in [9.17, 15) is 9.59 Å². The van der Waals surface area contributed by atoms with Gasteiger partial charge in [-0.3, -0.25) is 9.59 Å². The number of amides is 1. The van der Waals surface area contributed by atoms with Crippen LogP contribution in [0.15, 0.2) is 16.7 Å². The molecule has 1 N–H and O–H groups in total. The Kier molecular flexibility index (Phi) is 2.69. The lowest BCUT2D eigenvalue weighted by atomic mass is 9.90. The van der Waals surface area contributed by atoms with E-state index in [0.717, 1.165) is 5.56 Å². The van der Waals surface area contributed by atoms with Gasteiger partial charge in [0.2, 0.25) is 0 Å². The molecule has 0 aromatic carbocycles. The van der Waals surface area contributed by atoms with Gasteiger partial charge in [-0.05, 0) is 31.9 Å². The number of hydrogen-bond donors (Lipinski definition) is 1. The fourth-order valence-electron chi connectivity index (χ4n) is 2.01. The van der Waals surface area contributed by atoms with Crippen LogP contribution >= 0.6 is 0 Å². The van der Waals surface area contributed by atoms with Crippen molar-refractivity contribution in [3.05, 3.63) is 23.7 Å². The summed E-state index contributed by atoms with van der Waals surface area (Å²) in [4.78, 5) is 24.6. The van der Waals surface area contributed by atoms with Gasteiger partial charge in [0, 0.05) is 13.1 Å². The Bertz CT molecular complexity index is 465. The number of hydrogen-bond acceptors (Lipinski definition) is 3. The second kappa shape index (κ2) is 3.91. The third-order valence-electron chi connectivity index (χ3n) is 3.22. The molecular formula is C12H15NO4. The second-order valence-electron chi connectivity index (χ2n) is 4.83. The van der Waals surface area contributed by atoms with Gasteiger partial charge >= 0.3 is 5.97 Å². The molecule has 1 aliphatic heterocycles. The van der Waals surface area contributed by atoms with Crippen LogP contribution in [0.25, 0.3) is 0 Å². The van der Waals surface area contributed by atoms with Crippen molar-refractivity contribution in [3.63, 3.8) is 0 Å². The maximum absolute atomic E-state index is 12.0. The molecule has 2 rings (SSSR count). The number of likely N-dealkylation sites (tertiary alicyclic amines) is 1. The first-order valence-electron chi connectivity index (χ1n) is 5.50. The van der Waals surface area contributed by atoms with Gasteiger partial charge in [0.25, 0.3) is 5.91 Å². The molecule has 0 radical (unpaired) electrons. The summed E-state index contributed by atoms with van der Waals surface area (Å²) < 4.78 is 5.13.